The molecule has 0 aliphatic carbocycles. The molecule has 138 valence electrons. The van der Waals surface area contributed by atoms with E-state index in [2.05, 4.69) is 15.4 Å². The molecule has 0 saturated carbocycles. The summed E-state index contributed by atoms with van der Waals surface area (Å²) in [5.41, 5.74) is 1.38. The summed E-state index contributed by atoms with van der Waals surface area (Å²) in [5.74, 6) is 0.671. The highest BCUT2D eigenvalue weighted by molar-refractivity contribution is 5.91. The Morgan fingerprint density at radius 1 is 1.26 bits per heavy atom. The Morgan fingerprint density at radius 2 is 2.04 bits per heavy atom. The molecular weight excluding hydrogens is 350 g/mol. The molecule has 0 N–H and O–H groups in total. The summed E-state index contributed by atoms with van der Waals surface area (Å²) in [6.45, 7) is 3.45. The molecule has 27 heavy (non-hydrogen) atoms. The minimum absolute atomic E-state index is 0.101. The number of aromatic nitrogens is 5. The van der Waals surface area contributed by atoms with Crippen molar-refractivity contribution >= 4 is 22.6 Å². The summed E-state index contributed by atoms with van der Waals surface area (Å²) in [6.07, 6.45) is 0.558. The van der Waals surface area contributed by atoms with Gasteiger partial charge in [0.05, 0.1) is 16.6 Å². The van der Waals surface area contributed by atoms with E-state index in [0.717, 1.165) is 0 Å². The molecule has 0 bridgehead atoms. The van der Waals surface area contributed by atoms with Crippen molar-refractivity contribution in [3.8, 4) is 0 Å². The Morgan fingerprint density at radius 3 is 2.81 bits per heavy atom. The van der Waals surface area contributed by atoms with Crippen LogP contribution in [0.3, 0.4) is 0 Å². The number of hydrogen-bond donors (Lipinski definition) is 0. The number of nitrogens with zero attached hydrogens (tertiary/aromatic N) is 5. The van der Waals surface area contributed by atoms with Crippen LogP contribution in [0.5, 0.6) is 0 Å². The summed E-state index contributed by atoms with van der Waals surface area (Å²) in [6, 6.07) is 7.16. The van der Waals surface area contributed by atoms with Crippen molar-refractivity contribution in [2.75, 3.05) is 0 Å². The summed E-state index contributed by atoms with van der Waals surface area (Å²) in [5, 5.41) is 12.6. The molecule has 0 aliphatic heterocycles. The van der Waals surface area contributed by atoms with Gasteiger partial charge < -0.3 is 9.26 Å². The number of fused-ring (bicyclic) bond motifs is 3. The predicted octanol–water partition coefficient (Wildman–Crippen LogP) is 1.80. The molecule has 9 nitrogen and oxygen atoms in total. The Labute approximate surface area is 153 Å². The van der Waals surface area contributed by atoms with E-state index in [1.165, 1.54) is 4.57 Å². The highest BCUT2D eigenvalue weighted by Gasteiger charge is 2.22. The second-order valence-electron chi connectivity index (χ2n) is 6.12. The number of para-hydroxylation sites is 1. The lowest BCUT2D eigenvalue weighted by atomic mass is 10.1. The zero-order valence-electron chi connectivity index (χ0n) is 15.1. The highest BCUT2D eigenvalue weighted by Crippen LogP contribution is 2.18. The van der Waals surface area contributed by atoms with Crippen molar-refractivity contribution in [1.82, 2.24) is 24.3 Å². The van der Waals surface area contributed by atoms with Crippen LogP contribution in [0.1, 0.15) is 34.6 Å². The SMILES string of the molecule is CCc1noc(C)c1C(=O)OCc1nnc2n(C)c(=O)c3ccccc3n12. The molecule has 0 saturated heterocycles. The summed E-state index contributed by atoms with van der Waals surface area (Å²) < 4.78 is 13.6. The number of ether oxygens (including phenoxy) is 1. The normalized spacial score (nSPS) is 11.4. The monoisotopic (exact) mass is 367 g/mol. The molecule has 9 heteroatoms. The van der Waals surface area contributed by atoms with Crippen molar-refractivity contribution in [3.05, 3.63) is 57.5 Å². The second kappa shape index (κ2) is 6.35. The van der Waals surface area contributed by atoms with Gasteiger partial charge in [-0.05, 0) is 25.5 Å². The molecule has 4 rings (SSSR count). The molecule has 3 heterocycles. The van der Waals surface area contributed by atoms with Gasteiger partial charge in [0.25, 0.3) is 5.56 Å². The van der Waals surface area contributed by atoms with E-state index in [1.807, 2.05) is 13.0 Å². The van der Waals surface area contributed by atoms with Gasteiger partial charge in [-0.15, -0.1) is 10.2 Å². The van der Waals surface area contributed by atoms with Crippen LogP contribution < -0.4 is 5.56 Å². The van der Waals surface area contributed by atoms with Crippen molar-refractivity contribution in [2.45, 2.75) is 26.9 Å². The lowest BCUT2D eigenvalue weighted by molar-refractivity contribution is 0.0458. The Balaban J connectivity index is 1.74. The van der Waals surface area contributed by atoms with Crippen LogP contribution >= 0.6 is 0 Å². The first kappa shape index (κ1) is 17.0. The van der Waals surface area contributed by atoms with Crippen molar-refractivity contribution < 1.29 is 14.1 Å². The third-order valence-corrected chi connectivity index (χ3v) is 4.50. The van der Waals surface area contributed by atoms with Crippen LogP contribution in [0.2, 0.25) is 0 Å². The first-order valence-electron chi connectivity index (χ1n) is 8.47. The molecule has 0 fully saturated rings. The maximum absolute atomic E-state index is 12.5. The van der Waals surface area contributed by atoms with E-state index in [4.69, 9.17) is 9.26 Å². The van der Waals surface area contributed by atoms with Gasteiger partial charge in [0.1, 0.15) is 11.3 Å². The number of carbonyl (C=O) groups is 1. The van der Waals surface area contributed by atoms with E-state index in [1.54, 1.807) is 36.6 Å². The zero-order chi connectivity index (χ0) is 19.1. The molecular formula is C18H17N5O4. The van der Waals surface area contributed by atoms with Crippen molar-refractivity contribution in [1.29, 1.82) is 0 Å². The number of aryl methyl sites for hydroxylation is 3. The minimum Gasteiger partial charge on any atom is -0.454 e. The first-order chi connectivity index (χ1) is 13.0. The lowest BCUT2D eigenvalue weighted by Crippen LogP contribution is -2.20. The van der Waals surface area contributed by atoms with Crippen LogP contribution in [0.25, 0.3) is 16.7 Å². The molecule has 4 aromatic rings. The van der Waals surface area contributed by atoms with Crippen LogP contribution in [0.4, 0.5) is 0 Å². The van der Waals surface area contributed by atoms with Gasteiger partial charge in [-0.1, -0.05) is 24.2 Å². The van der Waals surface area contributed by atoms with Crippen LogP contribution in [-0.4, -0.2) is 30.3 Å². The third-order valence-electron chi connectivity index (χ3n) is 4.50. The van der Waals surface area contributed by atoms with E-state index in [-0.39, 0.29) is 12.2 Å². The van der Waals surface area contributed by atoms with Crippen molar-refractivity contribution in [3.63, 3.8) is 0 Å². The van der Waals surface area contributed by atoms with Crippen molar-refractivity contribution in [2.24, 2.45) is 7.05 Å². The number of rotatable bonds is 4. The topological polar surface area (TPSA) is 105 Å². The number of benzene rings is 1. The van der Waals surface area contributed by atoms with E-state index in [9.17, 15) is 9.59 Å². The fourth-order valence-electron chi connectivity index (χ4n) is 3.11. The Kier molecular flexibility index (Phi) is 3.98. The summed E-state index contributed by atoms with van der Waals surface area (Å²) in [4.78, 5) is 24.9. The number of hydrogen-bond acceptors (Lipinski definition) is 7. The maximum Gasteiger partial charge on any atom is 0.344 e. The maximum atomic E-state index is 12.5. The van der Waals surface area contributed by atoms with Gasteiger partial charge in [-0.25, -0.2) is 4.79 Å². The molecule has 3 aromatic heterocycles. The molecule has 0 amide bonds. The van der Waals surface area contributed by atoms with E-state index in [0.29, 0.717) is 45.9 Å². The predicted molar refractivity (Wildman–Crippen MR) is 95.5 cm³/mol. The zero-order valence-corrected chi connectivity index (χ0v) is 15.1. The molecule has 0 radical (unpaired) electrons. The van der Waals surface area contributed by atoms with Gasteiger partial charge in [-0.2, -0.15) is 0 Å². The minimum atomic E-state index is -0.531. The third kappa shape index (κ3) is 2.59. The van der Waals surface area contributed by atoms with Gasteiger partial charge >= 0.3 is 5.97 Å². The molecule has 0 unspecified atom stereocenters. The lowest BCUT2D eigenvalue weighted by Gasteiger charge is -2.08. The fraction of sp³-hybridized carbons (Fsp3) is 0.278. The average Bonchev–Trinajstić information content (AvgIpc) is 3.27. The molecule has 1 aromatic carbocycles. The van der Waals surface area contributed by atoms with Gasteiger partial charge in [0.15, 0.2) is 12.4 Å². The smallest absolute Gasteiger partial charge is 0.344 e. The Bertz CT molecular complexity index is 1230. The standard InChI is InChI=1S/C18H17N5O4/c1-4-12-15(10(2)27-21-12)17(25)26-9-14-19-20-18-22(3)16(24)11-7-5-6-8-13(11)23(14)18/h5-8H,4,9H2,1-3H3. The number of carbonyl (C=O) groups excluding carboxylic acids is 1. The Hall–Kier alpha value is -3.49. The summed E-state index contributed by atoms with van der Waals surface area (Å²) in [7, 11) is 1.63. The van der Waals surface area contributed by atoms with Gasteiger partial charge in [0.2, 0.25) is 5.78 Å². The van der Waals surface area contributed by atoms with Gasteiger partial charge in [-0.3, -0.25) is 13.8 Å². The quantitative estimate of drug-likeness (QED) is 0.506. The molecule has 0 spiro atoms. The van der Waals surface area contributed by atoms with Crippen LogP contribution in [-0.2, 0) is 24.8 Å². The van der Waals surface area contributed by atoms with E-state index >= 15 is 0 Å². The van der Waals surface area contributed by atoms with Crippen LogP contribution in [0, 0.1) is 6.92 Å². The molecule has 0 aliphatic rings. The average molecular weight is 367 g/mol. The van der Waals surface area contributed by atoms with Gasteiger partial charge in [0, 0.05) is 7.05 Å². The van der Waals surface area contributed by atoms with E-state index < -0.39 is 5.97 Å². The largest absolute Gasteiger partial charge is 0.454 e. The molecule has 0 atom stereocenters. The van der Waals surface area contributed by atoms with Crippen LogP contribution in [0.15, 0.2) is 33.6 Å². The fourth-order valence-corrected chi connectivity index (χ4v) is 3.11. The second-order valence-corrected chi connectivity index (χ2v) is 6.12. The number of esters is 1. The summed E-state index contributed by atoms with van der Waals surface area (Å²) >= 11 is 0. The first-order valence-corrected chi connectivity index (χ1v) is 8.47. The highest BCUT2D eigenvalue weighted by atomic mass is 16.5.